The van der Waals surface area contributed by atoms with E-state index in [4.69, 9.17) is 16.7 Å². The van der Waals surface area contributed by atoms with Crippen molar-refractivity contribution in [2.45, 2.75) is 0 Å². The van der Waals surface area contributed by atoms with E-state index in [9.17, 15) is 9.59 Å². The van der Waals surface area contributed by atoms with E-state index in [1.807, 2.05) is 6.07 Å². The van der Waals surface area contributed by atoms with Crippen molar-refractivity contribution < 1.29 is 14.7 Å². The number of aliphatic hydroxyl groups is 1. The van der Waals surface area contributed by atoms with Gasteiger partial charge >= 0.3 is 0 Å². The van der Waals surface area contributed by atoms with E-state index in [1.54, 1.807) is 36.4 Å². The molecule has 5 heteroatoms. The second kappa shape index (κ2) is 6.52. The summed E-state index contributed by atoms with van der Waals surface area (Å²) in [6.45, 7) is -0.627. The van der Waals surface area contributed by atoms with Crippen LogP contribution in [0.15, 0.2) is 48.5 Å². The maximum Gasteiger partial charge on any atom is 0.252 e. The molecular formula is C16H14ClNO3. The van der Waals surface area contributed by atoms with Gasteiger partial charge in [-0.15, -0.1) is 0 Å². The molecule has 2 rings (SSSR count). The van der Waals surface area contributed by atoms with Gasteiger partial charge in [0, 0.05) is 23.2 Å². The van der Waals surface area contributed by atoms with E-state index in [2.05, 4.69) is 0 Å². The van der Waals surface area contributed by atoms with Crippen LogP contribution in [0.1, 0.15) is 15.9 Å². The number of ketones is 1. The Morgan fingerprint density at radius 1 is 1.14 bits per heavy atom. The molecule has 2 aromatic rings. The highest BCUT2D eigenvalue weighted by Gasteiger charge is 2.19. The molecule has 0 heterocycles. The van der Waals surface area contributed by atoms with Crippen LogP contribution in [-0.2, 0) is 4.79 Å². The Balaban J connectivity index is 2.50. The van der Waals surface area contributed by atoms with Crippen LogP contribution in [0.25, 0.3) is 0 Å². The summed E-state index contributed by atoms with van der Waals surface area (Å²) >= 11 is 5.96. The lowest BCUT2D eigenvalue weighted by molar-refractivity contribution is -0.120. The van der Waals surface area contributed by atoms with Gasteiger partial charge in [-0.1, -0.05) is 41.9 Å². The van der Waals surface area contributed by atoms with Crippen molar-refractivity contribution in [3.8, 4) is 0 Å². The molecule has 0 spiro atoms. The molecule has 0 aliphatic carbocycles. The first-order valence-corrected chi connectivity index (χ1v) is 6.69. The monoisotopic (exact) mass is 303 g/mol. The number of likely N-dealkylation sites (N-methyl/N-ethyl adjacent to an activating group) is 1. The Morgan fingerprint density at radius 3 is 2.43 bits per heavy atom. The van der Waals surface area contributed by atoms with Crippen molar-refractivity contribution in [3.05, 3.63) is 64.7 Å². The summed E-state index contributed by atoms with van der Waals surface area (Å²) in [5.74, 6) is -0.731. The Kier molecular flexibility index (Phi) is 4.73. The van der Waals surface area contributed by atoms with Crippen molar-refractivity contribution in [2.75, 3.05) is 18.6 Å². The van der Waals surface area contributed by atoms with Crippen LogP contribution in [0.5, 0.6) is 0 Å². The standard InChI is InChI=1S/C16H14ClNO3/c1-18(15(20)10-19)14-8-7-12(17)9-13(14)16(21)11-5-3-2-4-6-11/h2-9,19H,10H2,1H3. The lowest BCUT2D eigenvalue weighted by Gasteiger charge is -2.19. The minimum atomic E-state index is -0.627. The number of hydrogen-bond donors (Lipinski definition) is 1. The minimum absolute atomic E-state index is 0.231. The molecule has 0 fully saturated rings. The molecule has 0 atom stereocenters. The molecule has 0 aliphatic heterocycles. The van der Waals surface area contributed by atoms with Gasteiger partial charge in [0.15, 0.2) is 5.78 Å². The van der Waals surface area contributed by atoms with E-state index in [0.29, 0.717) is 21.8 Å². The summed E-state index contributed by atoms with van der Waals surface area (Å²) in [5, 5.41) is 9.37. The average Bonchev–Trinajstić information content (AvgIpc) is 2.53. The summed E-state index contributed by atoms with van der Waals surface area (Å²) in [7, 11) is 1.50. The number of rotatable bonds is 4. The van der Waals surface area contributed by atoms with Gasteiger partial charge in [0.05, 0.1) is 5.69 Å². The van der Waals surface area contributed by atoms with E-state index < -0.39 is 12.5 Å². The minimum Gasteiger partial charge on any atom is -0.387 e. The fourth-order valence-corrected chi connectivity index (χ4v) is 2.14. The van der Waals surface area contributed by atoms with Crippen LogP contribution >= 0.6 is 11.6 Å². The first kappa shape index (κ1) is 15.2. The Labute approximate surface area is 127 Å². The summed E-state index contributed by atoms with van der Waals surface area (Å²) in [4.78, 5) is 25.5. The number of hydrogen-bond acceptors (Lipinski definition) is 3. The van der Waals surface area contributed by atoms with E-state index in [-0.39, 0.29) is 5.78 Å². The molecule has 0 aromatic heterocycles. The third-order valence-electron chi connectivity index (χ3n) is 3.11. The SMILES string of the molecule is CN(C(=O)CO)c1ccc(Cl)cc1C(=O)c1ccccc1. The van der Waals surface area contributed by atoms with Gasteiger partial charge in [-0.2, -0.15) is 0 Å². The third kappa shape index (κ3) is 3.29. The smallest absolute Gasteiger partial charge is 0.252 e. The second-order valence-corrected chi connectivity index (χ2v) is 4.90. The topological polar surface area (TPSA) is 57.6 Å². The van der Waals surface area contributed by atoms with Gasteiger partial charge in [-0.25, -0.2) is 0 Å². The van der Waals surface area contributed by atoms with Crippen molar-refractivity contribution in [2.24, 2.45) is 0 Å². The van der Waals surface area contributed by atoms with Crippen LogP contribution < -0.4 is 4.90 Å². The Hall–Kier alpha value is -2.17. The summed E-state index contributed by atoms with van der Waals surface area (Å²) in [5.41, 5.74) is 1.23. The molecule has 0 saturated heterocycles. The van der Waals surface area contributed by atoms with Crippen LogP contribution in [0.3, 0.4) is 0 Å². The van der Waals surface area contributed by atoms with Gasteiger partial charge in [-0.05, 0) is 18.2 Å². The van der Waals surface area contributed by atoms with Gasteiger partial charge in [0.1, 0.15) is 6.61 Å². The van der Waals surface area contributed by atoms with Gasteiger partial charge in [-0.3, -0.25) is 9.59 Å². The largest absolute Gasteiger partial charge is 0.387 e. The lowest BCUT2D eigenvalue weighted by Crippen LogP contribution is -2.30. The van der Waals surface area contributed by atoms with Crippen molar-refractivity contribution in [3.63, 3.8) is 0 Å². The number of anilines is 1. The summed E-state index contributed by atoms with van der Waals surface area (Å²) in [6.07, 6.45) is 0. The highest BCUT2D eigenvalue weighted by Crippen LogP contribution is 2.26. The predicted octanol–water partition coefficient (Wildman–Crippen LogP) is 2.53. The number of carbonyl (C=O) groups excluding carboxylic acids is 2. The normalized spacial score (nSPS) is 10.2. The molecule has 0 radical (unpaired) electrons. The van der Waals surface area contributed by atoms with E-state index >= 15 is 0 Å². The molecular weight excluding hydrogens is 290 g/mol. The maximum absolute atomic E-state index is 12.6. The average molecular weight is 304 g/mol. The highest BCUT2D eigenvalue weighted by molar-refractivity contribution is 6.31. The van der Waals surface area contributed by atoms with Crippen molar-refractivity contribution >= 4 is 29.0 Å². The van der Waals surface area contributed by atoms with Crippen molar-refractivity contribution in [1.82, 2.24) is 0 Å². The number of amides is 1. The van der Waals surface area contributed by atoms with E-state index in [0.717, 1.165) is 0 Å². The number of aliphatic hydroxyl groups excluding tert-OH is 1. The highest BCUT2D eigenvalue weighted by atomic mass is 35.5. The second-order valence-electron chi connectivity index (χ2n) is 4.47. The number of halogens is 1. The van der Waals surface area contributed by atoms with Crippen molar-refractivity contribution in [1.29, 1.82) is 0 Å². The van der Waals surface area contributed by atoms with E-state index in [1.165, 1.54) is 18.0 Å². The van der Waals surface area contributed by atoms with Crippen LogP contribution in [0.2, 0.25) is 5.02 Å². The molecule has 108 valence electrons. The molecule has 0 saturated carbocycles. The zero-order valence-electron chi connectivity index (χ0n) is 11.4. The molecule has 0 bridgehead atoms. The predicted molar refractivity (Wildman–Crippen MR) is 81.8 cm³/mol. The van der Waals surface area contributed by atoms with Crippen LogP contribution in [-0.4, -0.2) is 30.5 Å². The molecule has 2 aromatic carbocycles. The Morgan fingerprint density at radius 2 is 1.81 bits per heavy atom. The summed E-state index contributed by atoms with van der Waals surface area (Å²) in [6, 6.07) is 13.4. The summed E-state index contributed by atoms with van der Waals surface area (Å²) < 4.78 is 0. The molecule has 21 heavy (non-hydrogen) atoms. The van der Waals surface area contributed by atoms with Gasteiger partial charge < -0.3 is 10.0 Å². The lowest BCUT2D eigenvalue weighted by atomic mass is 10.0. The third-order valence-corrected chi connectivity index (χ3v) is 3.35. The first-order valence-electron chi connectivity index (χ1n) is 6.31. The number of carbonyl (C=O) groups is 2. The fourth-order valence-electron chi connectivity index (χ4n) is 1.97. The zero-order chi connectivity index (χ0) is 15.4. The van der Waals surface area contributed by atoms with Crippen LogP contribution in [0.4, 0.5) is 5.69 Å². The molecule has 0 aliphatic rings. The maximum atomic E-state index is 12.6. The zero-order valence-corrected chi connectivity index (χ0v) is 12.2. The number of nitrogens with zero attached hydrogens (tertiary/aromatic N) is 1. The molecule has 1 amide bonds. The quantitative estimate of drug-likeness (QED) is 0.883. The van der Waals surface area contributed by atoms with Gasteiger partial charge in [0.25, 0.3) is 5.91 Å². The van der Waals surface area contributed by atoms with Gasteiger partial charge in [0.2, 0.25) is 0 Å². The molecule has 4 nitrogen and oxygen atoms in total. The molecule has 0 unspecified atom stereocenters. The molecule has 1 N–H and O–H groups in total. The van der Waals surface area contributed by atoms with Crippen LogP contribution in [0, 0.1) is 0 Å². The number of benzene rings is 2. The Bertz CT molecular complexity index is 670. The fraction of sp³-hybridized carbons (Fsp3) is 0.125. The first-order chi connectivity index (χ1) is 10.0.